The lowest BCUT2D eigenvalue weighted by Gasteiger charge is -2.13. The molecule has 6 nitrogen and oxygen atoms in total. The van der Waals surface area contributed by atoms with Crippen LogP contribution in [0.5, 0.6) is 0 Å². The quantitative estimate of drug-likeness (QED) is 0.147. The van der Waals surface area contributed by atoms with E-state index >= 15 is 0 Å². The molecule has 6 rings (SSSR count). The minimum absolute atomic E-state index is 0.612. The average molecular weight is 639 g/mol. The van der Waals surface area contributed by atoms with Crippen LogP contribution in [0.15, 0.2) is 140 Å². The summed E-state index contributed by atoms with van der Waals surface area (Å²) in [6, 6.07) is 29.4. The lowest BCUT2D eigenvalue weighted by molar-refractivity contribution is 0.994. The zero-order valence-electron chi connectivity index (χ0n) is 28.5. The van der Waals surface area contributed by atoms with Crippen molar-refractivity contribution in [2.45, 2.75) is 34.6 Å². The highest BCUT2D eigenvalue weighted by Gasteiger charge is 2.15. The van der Waals surface area contributed by atoms with Gasteiger partial charge in [-0.3, -0.25) is 4.98 Å². The number of nitrogens with zero attached hydrogens (tertiary/aromatic N) is 6. The standard InChI is InChI=1S/C43H38N6/c1-6-8-12-29(3)40-47-41(30(4)13-9-7-2)49-43(48-40)38-27-36(32-15-19-34(20-16-32)39-14-10-23-44-31(39)5)26-37(28-38)33-17-21-35(22-18-33)42-45-24-11-25-46-42/h6-28H,1-5H3/b8-6-,9-7-,29-12+,30-13+. The van der Waals surface area contributed by atoms with Crippen LogP contribution in [0, 0.1) is 6.92 Å². The third-order valence-electron chi connectivity index (χ3n) is 8.19. The summed E-state index contributed by atoms with van der Waals surface area (Å²) in [7, 11) is 0. The van der Waals surface area contributed by atoms with Gasteiger partial charge in [0.25, 0.3) is 0 Å². The summed E-state index contributed by atoms with van der Waals surface area (Å²) >= 11 is 0. The van der Waals surface area contributed by atoms with Crippen LogP contribution in [0.25, 0.3) is 67.3 Å². The van der Waals surface area contributed by atoms with E-state index in [4.69, 9.17) is 15.0 Å². The highest BCUT2D eigenvalue weighted by atomic mass is 15.0. The lowest BCUT2D eigenvalue weighted by atomic mass is 9.94. The third kappa shape index (κ3) is 7.71. The van der Waals surface area contributed by atoms with E-state index in [2.05, 4.69) is 87.7 Å². The zero-order valence-corrected chi connectivity index (χ0v) is 28.5. The maximum absolute atomic E-state index is 5.01. The van der Waals surface area contributed by atoms with Crippen molar-refractivity contribution in [3.63, 3.8) is 0 Å². The van der Waals surface area contributed by atoms with E-state index in [9.17, 15) is 0 Å². The number of benzene rings is 3. The first-order chi connectivity index (χ1) is 23.9. The van der Waals surface area contributed by atoms with E-state index < -0.39 is 0 Å². The molecule has 0 radical (unpaired) electrons. The van der Waals surface area contributed by atoms with Gasteiger partial charge in [0.2, 0.25) is 0 Å². The minimum atomic E-state index is 0.612. The molecule has 0 aliphatic rings. The van der Waals surface area contributed by atoms with Gasteiger partial charge in [-0.1, -0.05) is 91.1 Å². The van der Waals surface area contributed by atoms with Gasteiger partial charge in [0, 0.05) is 41.0 Å². The van der Waals surface area contributed by atoms with Crippen molar-refractivity contribution in [3.8, 4) is 56.2 Å². The fourth-order valence-corrected chi connectivity index (χ4v) is 5.47. The Morgan fingerprint density at radius 1 is 0.490 bits per heavy atom. The molecule has 0 saturated carbocycles. The molecule has 0 bridgehead atoms. The van der Waals surface area contributed by atoms with Gasteiger partial charge < -0.3 is 0 Å². The Kier molecular flexibility index (Phi) is 10.2. The van der Waals surface area contributed by atoms with Crippen LogP contribution in [0.4, 0.5) is 0 Å². The molecule has 0 spiro atoms. The Hall–Kier alpha value is -6.14. The second kappa shape index (κ2) is 15.2. The molecule has 0 atom stereocenters. The first-order valence-electron chi connectivity index (χ1n) is 16.3. The van der Waals surface area contributed by atoms with E-state index in [1.54, 1.807) is 12.4 Å². The SMILES string of the molecule is C/C=C\C=C(/C)c1nc(/C(C)=C/C=C\C)nc(-c2cc(-c3ccc(-c4ncccn4)cc3)cc(-c3ccc(-c4cccnc4C)cc3)c2)n1. The molecule has 6 aromatic rings. The number of allylic oxidation sites excluding steroid dienone is 8. The summed E-state index contributed by atoms with van der Waals surface area (Å²) < 4.78 is 0. The molecule has 3 aromatic carbocycles. The van der Waals surface area contributed by atoms with Gasteiger partial charge in [0.15, 0.2) is 23.3 Å². The Labute approximate surface area is 288 Å². The first kappa shape index (κ1) is 32.8. The molecule has 3 heterocycles. The van der Waals surface area contributed by atoms with Gasteiger partial charge in [0.1, 0.15) is 0 Å². The maximum Gasteiger partial charge on any atom is 0.164 e. The number of pyridine rings is 1. The largest absolute Gasteiger partial charge is 0.261 e. The maximum atomic E-state index is 5.01. The molecule has 0 aliphatic heterocycles. The number of hydrogen-bond acceptors (Lipinski definition) is 6. The van der Waals surface area contributed by atoms with Gasteiger partial charge in [-0.15, -0.1) is 0 Å². The molecule has 3 aromatic heterocycles. The van der Waals surface area contributed by atoms with Crippen LogP contribution in [-0.4, -0.2) is 29.9 Å². The normalized spacial score (nSPS) is 12.3. The summed E-state index contributed by atoms with van der Waals surface area (Å²) in [4.78, 5) is 28.2. The number of aromatic nitrogens is 6. The minimum Gasteiger partial charge on any atom is -0.261 e. The second-order valence-electron chi connectivity index (χ2n) is 11.7. The van der Waals surface area contributed by atoms with E-state index in [1.807, 2.05) is 89.4 Å². The summed E-state index contributed by atoms with van der Waals surface area (Å²) in [5.74, 6) is 2.59. The van der Waals surface area contributed by atoms with Crippen LogP contribution in [0.3, 0.4) is 0 Å². The predicted octanol–water partition coefficient (Wildman–Crippen LogP) is 10.7. The van der Waals surface area contributed by atoms with Crippen molar-refractivity contribution in [2.24, 2.45) is 0 Å². The van der Waals surface area contributed by atoms with E-state index in [0.717, 1.165) is 61.3 Å². The molecule has 49 heavy (non-hydrogen) atoms. The van der Waals surface area contributed by atoms with Crippen LogP contribution >= 0.6 is 0 Å². The van der Waals surface area contributed by atoms with Crippen molar-refractivity contribution in [1.82, 2.24) is 29.9 Å². The van der Waals surface area contributed by atoms with Gasteiger partial charge in [0.05, 0.1) is 0 Å². The molecule has 0 N–H and O–H groups in total. The smallest absolute Gasteiger partial charge is 0.164 e. The van der Waals surface area contributed by atoms with Crippen molar-refractivity contribution in [3.05, 3.63) is 157 Å². The Morgan fingerprint density at radius 3 is 1.51 bits per heavy atom. The molecule has 0 amide bonds. The van der Waals surface area contributed by atoms with Crippen LogP contribution in [-0.2, 0) is 0 Å². The number of hydrogen-bond donors (Lipinski definition) is 0. The van der Waals surface area contributed by atoms with Gasteiger partial charge in [-0.2, -0.15) is 0 Å². The molecule has 240 valence electrons. The summed E-state index contributed by atoms with van der Waals surface area (Å²) in [6.45, 7) is 10.1. The van der Waals surface area contributed by atoms with E-state index in [1.165, 1.54) is 0 Å². The monoisotopic (exact) mass is 638 g/mol. The van der Waals surface area contributed by atoms with Crippen LogP contribution in [0.1, 0.15) is 45.0 Å². The highest BCUT2D eigenvalue weighted by Crippen LogP contribution is 2.34. The Balaban J connectivity index is 1.51. The van der Waals surface area contributed by atoms with E-state index in [0.29, 0.717) is 23.3 Å². The van der Waals surface area contributed by atoms with Crippen molar-refractivity contribution in [2.75, 3.05) is 0 Å². The summed E-state index contributed by atoms with van der Waals surface area (Å²) in [6.07, 6.45) is 17.4. The average Bonchev–Trinajstić information content (AvgIpc) is 3.16. The fraction of sp³-hybridized carbons (Fsp3) is 0.116. The van der Waals surface area contributed by atoms with Crippen molar-refractivity contribution < 1.29 is 0 Å². The Bertz CT molecular complexity index is 2150. The first-order valence-corrected chi connectivity index (χ1v) is 16.3. The third-order valence-corrected chi connectivity index (χ3v) is 8.19. The van der Waals surface area contributed by atoms with Crippen molar-refractivity contribution in [1.29, 1.82) is 0 Å². The lowest BCUT2D eigenvalue weighted by Crippen LogP contribution is -2.04. The fourth-order valence-electron chi connectivity index (χ4n) is 5.47. The zero-order chi connectivity index (χ0) is 34.2. The predicted molar refractivity (Wildman–Crippen MR) is 202 cm³/mol. The van der Waals surface area contributed by atoms with Gasteiger partial charge in [-0.05, 0) is 104 Å². The molecule has 6 heteroatoms. The summed E-state index contributed by atoms with van der Waals surface area (Å²) in [5.41, 5.74) is 11.3. The second-order valence-corrected chi connectivity index (χ2v) is 11.7. The topological polar surface area (TPSA) is 77.3 Å². The summed E-state index contributed by atoms with van der Waals surface area (Å²) in [5, 5.41) is 0. The van der Waals surface area contributed by atoms with E-state index in [-0.39, 0.29) is 0 Å². The van der Waals surface area contributed by atoms with Gasteiger partial charge >= 0.3 is 0 Å². The molecule has 0 fully saturated rings. The molecular formula is C43H38N6. The van der Waals surface area contributed by atoms with Crippen LogP contribution in [0.2, 0.25) is 0 Å². The number of rotatable bonds is 9. The van der Waals surface area contributed by atoms with Gasteiger partial charge in [-0.25, -0.2) is 24.9 Å². The molecule has 0 unspecified atom stereocenters. The molecule has 0 saturated heterocycles. The molecular weight excluding hydrogens is 601 g/mol. The Morgan fingerprint density at radius 2 is 0.980 bits per heavy atom. The number of aryl methyl sites for hydroxylation is 1. The highest BCUT2D eigenvalue weighted by molar-refractivity contribution is 5.82. The van der Waals surface area contributed by atoms with Crippen molar-refractivity contribution >= 4 is 11.1 Å². The molecule has 0 aliphatic carbocycles. The van der Waals surface area contributed by atoms with Crippen LogP contribution < -0.4 is 0 Å².